The van der Waals surface area contributed by atoms with Crippen molar-refractivity contribution in [1.82, 2.24) is 0 Å². The van der Waals surface area contributed by atoms with Gasteiger partial charge in [0.05, 0.1) is 35.5 Å². The first-order valence-corrected chi connectivity index (χ1v) is 6.94. The Morgan fingerprint density at radius 2 is 2.00 bits per heavy atom. The first kappa shape index (κ1) is 12.1. The molecule has 2 aliphatic rings. The van der Waals surface area contributed by atoms with E-state index >= 15 is 0 Å². The van der Waals surface area contributed by atoms with E-state index in [1.54, 1.807) is 7.11 Å². The molecule has 4 heteroatoms. The van der Waals surface area contributed by atoms with Crippen molar-refractivity contribution in [2.45, 2.75) is 47.9 Å². The van der Waals surface area contributed by atoms with Crippen LogP contribution in [0, 0.1) is 0 Å². The number of methoxy groups -OCH3 is 1. The summed E-state index contributed by atoms with van der Waals surface area (Å²) in [4.78, 5) is 0. The van der Waals surface area contributed by atoms with Gasteiger partial charge in [0.1, 0.15) is 0 Å². The van der Waals surface area contributed by atoms with Gasteiger partial charge in [-0.2, -0.15) is 0 Å². The molecule has 15 heavy (non-hydrogen) atoms. The first-order chi connectivity index (χ1) is 7.29. The van der Waals surface area contributed by atoms with Crippen LogP contribution in [0.15, 0.2) is 0 Å². The van der Waals surface area contributed by atoms with Crippen molar-refractivity contribution < 1.29 is 14.2 Å². The quantitative estimate of drug-likeness (QED) is 0.588. The van der Waals surface area contributed by atoms with Crippen LogP contribution in [0.4, 0.5) is 0 Å². The van der Waals surface area contributed by atoms with E-state index < -0.39 is 0 Å². The Morgan fingerprint density at radius 1 is 1.20 bits per heavy atom. The highest BCUT2D eigenvalue weighted by atomic mass is 127. The standard InChI is InChI=1S/C11H19IO3/c1-13-8-3-2-4-9(5-8)15-11-7-14-6-10(11)12/h8-11H,2-7H2,1H3. The van der Waals surface area contributed by atoms with Crippen LogP contribution in [0.5, 0.6) is 0 Å². The summed E-state index contributed by atoms with van der Waals surface area (Å²) in [5.41, 5.74) is 0. The fraction of sp³-hybridized carbons (Fsp3) is 1.00. The molecule has 0 spiro atoms. The van der Waals surface area contributed by atoms with Gasteiger partial charge in [-0.05, 0) is 25.7 Å². The van der Waals surface area contributed by atoms with E-state index in [1.165, 1.54) is 19.3 Å². The highest BCUT2D eigenvalue weighted by molar-refractivity contribution is 14.1. The van der Waals surface area contributed by atoms with Gasteiger partial charge < -0.3 is 14.2 Å². The smallest absolute Gasteiger partial charge is 0.0951 e. The molecule has 1 heterocycles. The normalized spacial score (nSPS) is 42.0. The van der Waals surface area contributed by atoms with Gasteiger partial charge in [-0.3, -0.25) is 0 Å². The van der Waals surface area contributed by atoms with Crippen molar-refractivity contribution in [3.8, 4) is 0 Å². The maximum atomic E-state index is 6.08. The summed E-state index contributed by atoms with van der Waals surface area (Å²) < 4.78 is 17.4. The zero-order valence-corrected chi connectivity index (χ0v) is 11.3. The summed E-state index contributed by atoms with van der Waals surface area (Å²) in [5.74, 6) is 0. The lowest BCUT2D eigenvalue weighted by atomic mass is 9.95. The molecule has 88 valence electrons. The molecule has 2 rings (SSSR count). The summed E-state index contributed by atoms with van der Waals surface area (Å²) >= 11 is 2.42. The molecule has 4 atom stereocenters. The minimum atomic E-state index is 0.297. The van der Waals surface area contributed by atoms with Crippen LogP contribution in [0.25, 0.3) is 0 Å². The second kappa shape index (κ2) is 5.80. The number of rotatable bonds is 3. The predicted molar refractivity (Wildman–Crippen MR) is 66.6 cm³/mol. The zero-order chi connectivity index (χ0) is 10.7. The van der Waals surface area contributed by atoms with Gasteiger partial charge in [-0.25, -0.2) is 0 Å². The molecule has 0 radical (unpaired) electrons. The average molecular weight is 326 g/mol. The van der Waals surface area contributed by atoms with Gasteiger partial charge in [0.15, 0.2) is 0 Å². The number of halogens is 1. The monoisotopic (exact) mass is 326 g/mol. The highest BCUT2D eigenvalue weighted by Crippen LogP contribution is 2.27. The molecule has 1 saturated carbocycles. The van der Waals surface area contributed by atoms with E-state index in [0.717, 1.165) is 19.6 Å². The molecule has 3 nitrogen and oxygen atoms in total. The van der Waals surface area contributed by atoms with E-state index in [2.05, 4.69) is 22.6 Å². The van der Waals surface area contributed by atoms with Crippen molar-refractivity contribution in [3.05, 3.63) is 0 Å². The number of hydrogen-bond acceptors (Lipinski definition) is 3. The van der Waals surface area contributed by atoms with Crippen LogP contribution in [-0.4, -0.2) is 42.6 Å². The SMILES string of the molecule is COC1CCCC(OC2COCC2I)C1. The van der Waals surface area contributed by atoms with Gasteiger partial charge in [0.25, 0.3) is 0 Å². The van der Waals surface area contributed by atoms with Crippen LogP contribution >= 0.6 is 22.6 Å². The summed E-state index contributed by atoms with van der Waals surface area (Å²) in [5, 5.41) is 0. The lowest BCUT2D eigenvalue weighted by Gasteiger charge is -2.30. The predicted octanol–water partition coefficient (Wildman–Crippen LogP) is 2.16. The Labute approximate surface area is 105 Å². The van der Waals surface area contributed by atoms with Crippen molar-refractivity contribution in [3.63, 3.8) is 0 Å². The second-order valence-corrected chi connectivity index (χ2v) is 5.97. The fourth-order valence-corrected chi connectivity index (χ4v) is 2.95. The average Bonchev–Trinajstić information content (AvgIpc) is 2.65. The molecule has 0 aromatic rings. The van der Waals surface area contributed by atoms with Gasteiger partial charge in [-0.1, -0.05) is 22.6 Å². The molecule has 0 amide bonds. The zero-order valence-electron chi connectivity index (χ0n) is 9.15. The number of hydrogen-bond donors (Lipinski definition) is 0. The highest BCUT2D eigenvalue weighted by Gasteiger charge is 2.31. The Balaban J connectivity index is 1.78. The molecule has 0 aromatic carbocycles. The Morgan fingerprint density at radius 3 is 2.67 bits per heavy atom. The first-order valence-electron chi connectivity index (χ1n) is 5.69. The molecule has 0 aromatic heterocycles. The number of ether oxygens (including phenoxy) is 3. The molecule has 1 aliphatic heterocycles. The van der Waals surface area contributed by atoms with Gasteiger partial charge in [0.2, 0.25) is 0 Å². The molecule has 4 unspecified atom stereocenters. The number of alkyl halides is 1. The summed E-state index contributed by atoms with van der Waals surface area (Å²) in [6.45, 7) is 1.60. The molecule has 0 bridgehead atoms. The molecule has 2 fully saturated rings. The third kappa shape index (κ3) is 3.28. The van der Waals surface area contributed by atoms with Gasteiger partial charge in [-0.15, -0.1) is 0 Å². The van der Waals surface area contributed by atoms with Crippen LogP contribution in [0.1, 0.15) is 25.7 Å². The molecule has 1 saturated heterocycles. The molecular formula is C11H19IO3. The largest absolute Gasteiger partial charge is 0.381 e. The van der Waals surface area contributed by atoms with Crippen molar-refractivity contribution in [1.29, 1.82) is 0 Å². The van der Waals surface area contributed by atoms with Gasteiger partial charge in [0, 0.05) is 7.11 Å². The maximum absolute atomic E-state index is 6.08. The van der Waals surface area contributed by atoms with Crippen molar-refractivity contribution >= 4 is 22.6 Å². The van der Waals surface area contributed by atoms with Crippen molar-refractivity contribution in [2.24, 2.45) is 0 Å². The van der Waals surface area contributed by atoms with E-state index in [-0.39, 0.29) is 0 Å². The van der Waals surface area contributed by atoms with E-state index in [4.69, 9.17) is 14.2 Å². The second-order valence-electron chi connectivity index (χ2n) is 4.37. The third-order valence-corrected chi connectivity index (χ3v) is 4.40. The Kier molecular flexibility index (Phi) is 4.67. The third-order valence-electron chi connectivity index (χ3n) is 3.24. The Bertz CT molecular complexity index is 200. The van der Waals surface area contributed by atoms with E-state index in [1.807, 2.05) is 0 Å². The van der Waals surface area contributed by atoms with Crippen molar-refractivity contribution in [2.75, 3.05) is 20.3 Å². The van der Waals surface area contributed by atoms with Crippen LogP contribution < -0.4 is 0 Å². The molecule has 0 N–H and O–H groups in total. The van der Waals surface area contributed by atoms with E-state index in [0.29, 0.717) is 22.2 Å². The molecular weight excluding hydrogens is 307 g/mol. The van der Waals surface area contributed by atoms with Gasteiger partial charge >= 0.3 is 0 Å². The lowest BCUT2D eigenvalue weighted by molar-refractivity contribution is -0.0634. The minimum Gasteiger partial charge on any atom is -0.381 e. The topological polar surface area (TPSA) is 27.7 Å². The van der Waals surface area contributed by atoms with Crippen LogP contribution in [0.3, 0.4) is 0 Å². The maximum Gasteiger partial charge on any atom is 0.0951 e. The molecule has 1 aliphatic carbocycles. The van der Waals surface area contributed by atoms with Crippen LogP contribution in [0.2, 0.25) is 0 Å². The fourth-order valence-electron chi connectivity index (χ4n) is 2.32. The lowest BCUT2D eigenvalue weighted by Crippen LogP contribution is -2.34. The van der Waals surface area contributed by atoms with E-state index in [9.17, 15) is 0 Å². The minimum absolute atomic E-state index is 0.297. The Hall–Kier alpha value is 0.610. The summed E-state index contributed by atoms with van der Waals surface area (Å²) in [6, 6.07) is 0. The summed E-state index contributed by atoms with van der Waals surface area (Å²) in [7, 11) is 1.80. The van der Waals surface area contributed by atoms with Crippen LogP contribution in [-0.2, 0) is 14.2 Å². The summed E-state index contributed by atoms with van der Waals surface area (Å²) in [6.07, 6.45) is 5.72.